The second kappa shape index (κ2) is 8.43. The summed E-state index contributed by atoms with van der Waals surface area (Å²) in [6.45, 7) is 4.02. The molecule has 6 nitrogen and oxygen atoms in total. The van der Waals surface area contributed by atoms with E-state index >= 15 is 0 Å². The van der Waals surface area contributed by atoms with Gasteiger partial charge in [-0.3, -0.25) is 9.59 Å². The zero-order chi connectivity index (χ0) is 20.1. The summed E-state index contributed by atoms with van der Waals surface area (Å²) in [6.07, 6.45) is 0. The average molecular weight is 377 g/mol. The molecule has 144 valence electrons. The highest BCUT2D eigenvalue weighted by Gasteiger charge is 2.09. The van der Waals surface area contributed by atoms with Gasteiger partial charge < -0.3 is 19.9 Å². The van der Waals surface area contributed by atoms with Crippen molar-refractivity contribution in [1.82, 2.24) is 9.88 Å². The average Bonchev–Trinajstić information content (AvgIpc) is 3.04. The highest BCUT2D eigenvalue weighted by Crippen LogP contribution is 2.20. The number of amides is 2. The van der Waals surface area contributed by atoms with Gasteiger partial charge in [0.25, 0.3) is 11.8 Å². The van der Waals surface area contributed by atoms with E-state index in [-0.39, 0.29) is 18.4 Å². The largest absolute Gasteiger partial charge is 0.484 e. The van der Waals surface area contributed by atoms with Crippen LogP contribution in [0.2, 0.25) is 0 Å². The number of ether oxygens (including phenoxy) is 1. The van der Waals surface area contributed by atoms with E-state index in [2.05, 4.69) is 27.3 Å². The van der Waals surface area contributed by atoms with Gasteiger partial charge in [-0.15, -0.1) is 0 Å². The van der Waals surface area contributed by atoms with Crippen LogP contribution in [-0.2, 0) is 4.79 Å². The second-order valence-corrected chi connectivity index (χ2v) is 6.44. The van der Waals surface area contributed by atoms with E-state index in [0.717, 1.165) is 17.1 Å². The Labute approximate surface area is 164 Å². The van der Waals surface area contributed by atoms with E-state index in [1.54, 1.807) is 43.4 Å². The fourth-order valence-electron chi connectivity index (χ4n) is 2.93. The molecule has 0 aliphatic heterocycles. The predicted octanol–water partition coefficient (Wildman–Crippen LogP) is 3.47. The lowest BCUT2D eigenvalue weighted by molar-refractivity contribution is -0.122. The zero-order valence-corrected chi connectivity index (χ0v) is 16.2. The molecule has 3 rings (SSSR count). The molecule has 0 aliphatic carbocycles. The Bertz CT molecular complexity index is 971. The Morgan fingerprint density at radius 1 is 0.964 bits per heavy atom. The SMILES string of the molecule is CNC(=O)COc1cccc(NC(=O)c2ccc(-n3c(C)ccc3C)cc2)c1. The van der Waals surface area contributed by atoms with Gasteiger partial charge in [0.05, 0.1) is 0 Å². The Kier molecular flexibility index (Phi) is 5.79. The van der Waals surface area contributed by atoms with E-state index in [1.165, 1.54) is 0 Å². The molecular formula is C22H23N3O3. The van der Waals surface area contributed by atoms with Crippen molar-refractivity contribution in [3.05, 3.63) is 77.6 Å². The van der Waals surface area contributed by atoms with Gasteiger partial charge in [0, 0.05) is 41.4 Å². The third kappa shape index (κ3) is 4.40. The molecule has 6 heteroatoms. The molecule has 0 atom stereocenters. The van der Waals surface area contributed by atoms with E-state index in [1.807, 2.05) is 26.0 Å². The number of benzene rings is 2. The van der Waals surface area contributed by atoms with Crippen molar-refractivity contribution < 1.29 is 14.3 Å². The summed E-state index contributed by atoms with van der Waals surface area (Å²) in [5.74, 6) is 0.0777. The van der Waals surface area contributed by atoms with Crippen molar-refractivity contribution in [2.45, 2.75) is 13.8 Å². The molecule has 2 aromatic carbocycles. The number of carbonyl (C=O) groups is 2. The van der Waals surface area contributed by atoms with E-state index in [9.17, 15) is 9.59 Å². The molecule has 0 fully saturated rings. The van der Waals surface area contributed by atoms with E-state index < -0.39 is 0 Å². The quantitative estimate of drug-likeness (QED) is 0.691. The molecule has 0 radical (unpaired) electrons. The Balaban J connectivity index is 1.69. The first kappa shape index (κ1) is 19.2. The van der Waals surface area contributed by atoms with Crippen LogP contribution in [0, 0.1) is 13.8 Å². The number of nitrogens with zero attached hydrogens (tertiary/aromatic N) is 1. The summed E-state index contributed by atoms with van der Waals surface area (Å²) in [5, 5.41) is 5.34. The fraction of sp³-hybridized carbons (Fsp3) is 0.182. The van der Waals surface area contributed by atoms with E-state index in [0.29, 0.717) is 17.0 Å². The van der Waals surface area contributed by atoms with Crippen molar-refractivity contribution in [3.63, 3.8) is 0 Å². The van der Waals surface area contributed by atoms with Crippen LogP contribution in [0.3, 0.4) is 0 Å². The molecule has 0 saturated heterocycles. The van der Waals surface area contributed by atoms with Crippen LogP contribution in [0.15, 0.2) is 60.7 Å². The maximum absolute atomic E-state index is 12.5. The highest BCUT2D eigenvalue weighted by atomic mass is 16.5. The summed E-state index contributed by atoms with van der Waals surface area (Å²) in [7, 11) is 1.55. The predicted molar refractivity (Wildman–Crippen MR) is 109 cm³/mol. The van der Waals surface area contributed by atoms with Crippen LogP contribution in [0.1, 0.15) is 21.7 Å². The first-order chi connectivity index (χ1) is 13.5. The lowest BCUT2D eigenvalue weighted by atomic mass is 10.2. The standard InChI is InChI=1S/C22H23N3O3/c1-15-7-8-16(2)25(15)19-11-9-17(10-12-19)22(27)24-18-5-4-6-20(13-18)28-14-21(26)23-3/h4-13H,14H2,1-3H3,(H,23,26)(H,24,27). The number of hydrogen-bond acceptors (Lipinski definition) is 3. The summed E-state index contributed by atoms with van der Waals surface area (Å²) in [5.41, 5.74) is 4.45. The molecule has 1 heterocycles. The summed E-state index contributed by atoms with van der Waals surface area (Å²) < 4.78 is 7.53. The Morgan fingerprint density at radius 2 is 1.64 bits per heavy atom. The number of aromatic nitrogens is 1. The number of nitrogens with one attached hydrogen (secondary N) is 2. The first-order valence-corrected chi connectivity index (χ1v) is 8.98. The van der Waals surface area contributed by atoms with Crippen LogP contribution in [0.25, 0.3) is 5.69 Å². The fourth-order valence-corrected chi connectivity index (χ4v) is 2.93. The minimum absolute atomic E-state index is 0.0758. The normalized spacial score (nSPS) is 10.4. The number of rotatable bonds is 6. The van der Waals surface area contributed by atoms with Crippen molar-refractivity contribution in [2.24, 2.45) is 0 Å². The van der Waals surface area contributed by atoms with Gasteiger partial charge in [-0.05, 0) is 62.4 Å². The summed E-state index contributed by atoms with van der Waals surface area (Å²) in [6, 6.07) is 18.5. The summed E-state index contributed by atoms with van der Waals surface area (Å²) >= 11 is 0. The molecule has 28 heavy (non-hydrogen) atoms. The monoisotopic (exact) mass is 377 g/mol. The van der Waals surface area contributed by atoms with Crippen molar-refractivity contribution in [3.8, 4) is 11.4 Å². The Hall–Kier alpha value is -3.54. The smallest absolute Gasteiger partial charge is 0.257 e. The molecule has 2 amide bonds. The van der Waals surface area contributed by atoms with Gasteiger partial charge >= 0.3 is 0 Å². The van der Waals surface area contributed by atoms with Crippen LogP contribution in [0.5, 0.6) is 5.75 Å². The van der Waals surface area contributed by atoms with Gasteiger partial charge in [0.15, 0.2) is 6.61 Å². The van der Waals surface area contributed by atoms with Crippen LogP contribution in [-0.4, -0.2) is 30.0 Å². The van der Waals surface area contributed by atoms with Gasteiger partial charge in [0.1, 0.15) is 5.75 Å². The Morgan fingerprint density at radius 3 is 2.29 bits per heavy atom. The number of hydrogen-bond donors (Lipinski definition) is 2. The van der Waals surface area contributed by atoms with Gasteiger partial charge in [0.2, 0.25) is 0 Å². The number of carbonyl (C=O) groups excluding carboxylic acids is 2. The third-order valence-electron chi connectivity index (χ3n) is 4.40. The molecule has 1 aromatic heterocycles. The number of likely N-dealkylation sites (N-methyl/N-ethyl adjacent to an activating group) is 1. The first-order valence-electron chi connectivity index (χ1n) is 8.98. The zero-order valence-electron chi connectivity index (χ0n) is 16.2. The second-order valence-electron chi connectivity index (χ2n) is 6.44. The van der Waals surface area contributed by atoms with Gasteiger partial charge in [-0.25, -0.2) is 0 Å². The summed E-state index contributed by atoms with van der Waals surface area (Å²) in [4.78, 5) is 23.8. The van der Waals surface area contributed by atoms with Gasteiger partial charge in [-0.1, -0.05) is 6.07 Å². The molecule has 2 N–H and O–H groups in total. The minimum Gasteiger partial charge on any atom is -0.484 e. The van der Waals surface area contributed by atoms with Crippen molar-refractivity contribution in [2.75, 3.05) is 19.0 Å². The third-order valence-corrected chi connectivity index (χ3v) is 4.40. The number of aryl methyl sites for hydroxylation is 2. The molecule has 3 aromatic rings. The minimum atomic E-state index is -0.220. The highest BCUT2D eigenvalue weighted by molar-refractivity contribution is 6.04. The molecule has 0 aliphatic rings. The van der Waals surface area contributed by atoms with Crippen LogP contribution < -0.4 is 15.4 Å². The van der Waals surface area contributed by atoms with Crippen LogP contribution in [0.4, 0.5) is 5.69 Å². The maximum atomic E-state index is 12.5. The maximum Gasteiger partial charge on any atom is 0.257 e. The number of anilines is 1. The topological polar surface area (TPSA) is 72.4 Å². The lowest BCUT2D eigenvalue weighted by Gasteiger charge is -2.11. The lowest BCUT2D eigenvalue weighted by Crippen LogP contribution is -2.24. The molecule has 0 unspecified atom stereocenters. The van der Waals surface area contributed by atoms with Crippen molar-refractivity contribution >= 4 is 17.5 Å². The molecule has 0 saturated carbocycles. The van der Waals surface area contributed by atoms with Crippen molar-refractivity contribution in [1.29, 1.82) is 0 Å². The molecule has 0 spiro atoms. The van der Waals surface area contributed by atoms with Gasteiger partial charge in [-0.2, -0.15) is 0 Å². The molecule has 0 bridgehead atoms. The van der Waals surface area contributed by atoms with E-state index in [4.69, 9.17) is 4.74 Å². The molecular weight excluding hydrogens is 354 g/mol. The van der Waals surface area contributed by atoms with Crippen LogP contribution >= 0.6 is 0 Å².